The Kier molecular flexibility index (Phi) is 4.75. The number of rotatable bonds is 5. The second-order valence-electron chi connectivity index (χ2n) is 7.06. The van der Waals surface area contributed by atoms with E-state index in [-0.39, 0.29) is 5.91 Å². The van der Waals surface area contributed by atoms with Gasteiger partial charge in [0.2, 0.25) is 0 Å². The van der Waals surface area contributed by atoms with Crippen LogP contribution in [-0.2, 0) is 6.42 Å². The number of fused-ring (bicyclic) bond motifs is 6. The van der Waals surface area contributed by atoms with Crippen LogP contribution in [-0.4, -0.2) is 45.2 Å². The number of benzene rings is 3. The molecule has 3 aromatic carbocycles. The van der Waals surface area contributed by atoms with E-state index in [9.17, 15) is 4.79 Å². The fraction of sp³-hybridized carbons (Fsp3) is 0.348. The fourth-order valence-corrected chi connectivity index (χ4v) is 4.23. The molecule has 0 N–H and O–H groups in total. The quantitative estimate of drug-likeness (QED) is 0.616. The van der Waals surface area contributed by atoms with Gasteiger partial charge in [-0.1, -0.05) is 6.92 Å². The molecule has 0 saturated carbocycles. The molecular formula is C23H25NO4. The normalized spacial score (nSPS) is 13.7. The molecule has 0 atom stereocenters. The summed E-state index contributed by atoms with van der Waals surface area (Å²) in [6.07, 6.45) is 1.78. The van der Waals surface area contributed by atoms with Gasteiger partial charge in [0.1, 0.15) is 5.75 Å². The second kappa shape index (κ2) is 7.23. The van der Waals surface area contributed by atoms with Crippen molar-refractivity contribution in [1.82, 2.24) is 4.90 Å². The summed E-state index contributed by atoms with van der Waals surface area (Å²) in [4.78, 5) is 15.3. The number of methoxy groups -OCH3 is 3. The minimum atomic E-state index is 0.106. The van der Waals surface area contributed by atoms with Gasteiger partial charge in [-0.2, -0.15) is 0 Å². The van der Waals surface area contributed by atoms with Crippen LogP contribution in [0.1, 0.15) is 29.3 Å². The van der Waals surface area contributed by atoms with Crippen molar-refractivity contribution in [3.63, 3.8) is 0 Å². The Morgan fingerprint density at radius 2 is 1.57 bits per heavy atom. The first kappa shape index (κ1) is 18.4. The maximum absolute atomic E-state index is 13.3. The zero-order chi connectivity index (χ0) is 19.8. The molecule has 0 saturated heterocycles. The molecule has 0 bridgehead atoms. The van der Waals surface area contributed by atoms with E-state index in [0.29, 0.717) is 11.5 Å². The minimum Gasteiger partial charge on any atom is -0.497 e. The molecule has 1 aliphatic heterocycles. The molecule has 28 heavy (non-hydrogen) atoms. The predicted molar refractivity (Wildman–Crippen MR) is 111 cm³/mol. The highest BCUT2D eigenvalue weighted by molar-refractivity contribution is 6.20. The molecule has 0 spiro atoms. The Balaban J connectivity index is 2.12. The van der Waals surface area contributed by atoms with Crippen molar-refractivity contribution in [2.24, 2.45) is 0 Å². The summed E-state index contributed by atoms with van der Waals surface area (Å²) in [5, 5.41) is 4.03. The maximum Gasteiger partial charge on any atom is 0.254 e. The molecule has 3 aromatic rings. The largest absolute Gasteiger partial charge is 0.497 e. The Labute approximate surface area is 164 Å². The molecular weight excluding hydrogens is 354 g/mol. The molecule has 0 unspecified atom stereocenters. The molecule has 0 aromatic heterocycles. The standard InChI is InChI=1S/C23H25NO4/c1-5-9-24-10-8-16-18-12-20(27-3)21(28-4)13-19(18)17-11-14(26-2)6-7-15(17)22(16)23(24)25/h6-7,11-13H,5,8-10H2,1-4H3. The van der Waals surface area contributed by atoms with Crippen molar-refractivity contribution in [2.45, 2.75) is 19.8 Å². The van der Waals surface area contributed by atoms with Gasteiger partial charge in [0.05, 0.1) is 26.9 Å². The highest BCUT2D eigenvalue weighted by Crippen LogP contribution is 2.42. The second-order valence-corrected chi connectivity index (χ2v) is 7.06. The molecule has 5 heteroatoms. The van der Waals surface area contributed by atoms with Gasteiger partial charge in [0, 0.05) is 13.1 Å². The zero-order valence-electron chi connectivity index (χ0n) is 16.8. The number of hydrogen-bond acceptors (Lipinski definition) is 4. The summed E-state index contributed by atoms with van der Waals surface area (Å²) in [5.74, 6) is 2.21. The molecule has 5 nitrogen and oxygen atoms in total. The van der Waals surface area contributed by atoms with E-state index in [1.807, 2.05) is 35.2 Å². The number of nitrogens with zero attached hydrogens (tertiary/aromatic N) is 1. The summed E-state index contributed by atoms with van der Waals surface area (Å²) >= 11 is 0. The first-order valence-corrected chi connectivity index (χ1v) is 9.60. The van der Waals surface area contributed by atoms with Crippen molar-refractivity contribution < 1.29 is 19.0 Å². The third kappa shape index (κ3) is 2.73. The van der Waals surface area contributed by atoms with Crippen molar-refractivity contribution >= 4 is 27.5 Å². The summed E-state index contributed by atoms with van der Waals surface area (Å²) in [6.45, 7) is 3.62. The molecule has 1 heterocycles. The van der Waals surface area contributed by atoms with Gasteiger partial charge < -0.3 is 19.1 Å². The number of ether oxygens (including phenoxy) is 3. The van der Waals surface area contributed by atoms with Crippen LogP contribution in [0, 0.1) is 0 Å². The van der Waals surface area contributed by atoms with E-state index >= 15 is 0 Å². The molecule has 0 aliphatic carbocycles. The van der Waals surface area contributed by atoms with E-state index in [2.05, 4.69) is 6.92 Å². The van der Waals surface area contributed by atoms with Crippen LogP contribution < -0.4 is 14.2 Å². The molecule has 0 radical (unpaired) electrons. The van der Waals surface area contributed by atoms with Crippen LogP contribution in [0.2, 0.25) is 0 Å². The first-order valence-electron chi connectivity index (χ1n) is 9.60. The van der Waals surface area contributed by atoms with Gasteiger partial charge in [-0.25, -0.2) is 0 Å². The lowest BCUT2D eigenvalue weighted by Gasteiger charge is -2.30. The fourth-order valence-electron chi connectivity index (χ4n) is 4.23. The molecule has 4 rings (SSSR count). The van der Waals surface area contributed by atoms with Gasteiger partial charge in [0.25, 0.3) is 5.91 Å². The van der Waals surface area contributed by atoms with Crippen LogP contribution in [0.25, 0.3) is 21.5 Å². The van der Waals surface area contributed by atoms with Gasteiger partial charge in [-0.15, -0.1) is 0 Å². The summed E-state index contributed by atoms with van der Waals surface area (Å²) in [7, 11) is 4.92. The molecule has 146 valence electrons. The van der Waals surface area contributed by atoms with Gasteiger partial charge in [-0.3, -0.25) is 4.79 Å². The highest BCUT2D eigenvalue weighted by atomic mass is 16.5. The van der Waals surface area contributed by atoms with E-state index < -0.39 is 0 Å². The Hall–Kier alpha value is -2.95. The lowest BCUT2D eigenvalue weighted by molar-refractivity contribution is 0.0743. The van der Waals surface area contributed by atoms with E-state index in [1.165, 1.54) is 0 Å². The lowest BCUT2D eigenvalue weighted by Crippen LogP contribution is -2.38. The van der Waals surface area contributed by atoms with Crippen LogP contribution in [0.4, 0.5) is 0 Å². The zero-order valence-corrected chi connectivity index (χ0v) is 16.8. The molecule has 1 aliphatic rings. The first-order chi connectivity index (χ1) is 13.6. The monoisotopic (exact) mass is 379 g/mol. The Morgan fingerprint density at radius 1 is 0.893 bits per heavy atom. The number of amides is 1. The van der Waals surface area contributed by atoms with Crippen molar-refractivity contribution in [1.29, 1.82) is 0 Å². The van der Waals surface area contributed by atoms with Crippen molar-refractivity contribution in [3.05, 3.63) is 41.5 Å². The lowest BCUT2D eigenvalue weighted by atomic mass is 9.87. The SMILES string of the molecule is CCCN1CCc2c(c3ccc(OC)cc3c3cc(OC)c(OC)cc23)C1=O. The van der Waals surface area contributed by atoms with E-state index in [4.69, 9.17) is 14.2 Å². The number of carbonyl (C=O) groups excluding carboxylic acids is 1. The molecule has 0 fully saturated rings. The van der Waals surface area contributed by atoms with Gasteiger partial charge in [-0.05, 0) is 70.3 Å². The summed E-state index contributed by atoms with van der Waals surface area (Å²) < 4.78 is 16.5. The summed E-state index contributed by atoms with van der Waals surface area (Å²) in [5.41, 5.74) is 1.89. The molecule has 1 amide bonds. The smallest absolute Gasteiger partial charge is 0.254 e. The van der Waals surface area contributed by atoms with Crippen molar-refractivity contribution in [3.8, 4) is 17.2 Å². The number of carbonyl (C=O) groups is 1. The van der Waals surface area contributed by atoms with Crippen LogP contribution in [0.3, 0.4) is 0 Å². The minimum absolute atomic E-state index is 0.106. The van der Waals surface area contributed by atoms with Crippen LogP contribution in [0.15, 0.2) is 30.3 Å². The topological polar surface area (TPSA) is 48.0 Å². The Morgan fingerprint density at radius 3 is 2.21 bits per heavy atom. The predicted octanol–water partition coefficient (Wildman–Crippen LogP) is 4.43. The third-order valence-corrected chi connectivity index (χ3v) is 5.56. The summed E-state index contributed by atoms with van der Waals surface area (Å²) in [6, 6.07) is 9.90. The Bertz CT molecular complexity index is 1070. The van der Waals surface area contributed by atoms with Crippen LogP contribution in [0.5, 0.6) is 17.2 Å². The van der Waals surface area contributed by atoms with E-state index in [1.54, 1.807) is 21.3 Å². The van der Waals surface area contributed by atoms with Gasteiger partial charge >= 0.3 is 0 Å². The number of hydrogen-bond donors (Lipinski definition) is 0. The average Bonchev–Trinajstić information content (AvgIpc) is 2.74. The maximum atomic E-state index is 13.3. The van der Waals surface area contributed by atoms with Crippen LogP contribution >= 0.6 is 0 Å². The average molecular weight is 379 g/mol. The van der Waals surface area contributed by atoms with Gasteiger partial charge in [0.15, 0.2) is 11.5 Å². The van der Waals surface area contributed by atoms with E-state index in [0.717, 1.165) is 64.4 Å². The third-order valence-electron chi connectivity index (χ3n) is 5.56. The highest BCUT2D eigenvalue weighted by Gasteiger charge is 2.29. The van der Waals surface area contributed by atoms with Crippen molar-refractivity contribution in [2.75, 3.05) is 34.4 Å².